The van der Waals surface area contributed by atoms with Gasteiger partial charge in [0.15, 0.2) is 6.29 Å². The molecule has 0 aromatic heterocycles. The highest BCUT2D eigenvalue weighted by Gasteiger charge is 2.09. The summed E-state index contributed by atoms with van der Waals surface area (Å²) in [4.78, 5) is 10.2. The molecule has 1 aliphatic rings. The van der Waals surface area contributed by atoms with Crippen molar-refractivity contribution in [2.24, 2.45) is 0 Å². The van der Waals surface area contributed by atoms with E-state index in [9.17, 15) is 4.79 Å². The van der Waals surface area contributed by atoms with Crippen LogP contribution in [0.1, 0.15) is 0 Å². The molecule has 0 radical (unpaired) electrons. The van der Waals surface area contributed by atoms with Crippen LogP contribution in [0.15, 0.2) is 23.0 Å². The Hall–Kier alpha value is -0.670. The van der Waals surface area contributed by atoms with Crippen LogP contribution in [0, 0.1) is 0 Å². The number of halogens is 2. The Morgan fingerprint density at radius 3 is 2.80 bits per heavy atom. The molecule has 0 unspecified atom stereocenters. The maximum Gasteiger partial charge on any atom is 0.169 e. The second-order valence-electron chi connectivity index (χ2n) is 1.62. The molecule has 0 aromatic carbocycles. The summed E-state index contributed by atoms with van der Waals surface area (Å²) in [5.74, 6) is 0. The number of hydrogen-bond acceptors (Lipinski definition) is 3. The van der Waals surface area contributed by atoms with Crippen LogP contribution < -0.4 is 5.43 Å². The van der Waals surface area contributed by atoms with Crippen molar-refractivity contribution < 1.29 is 4.79 Å². The molecule has 54 valence electrons. The minimum absolute atomic E-state index is 0.325. The van der Waals surface area contributed by atoms with Crippen molar-refractivity contribution in [2.75, 3.05) is 0 Å². The molecule has 0 fully saturated rings. The first-order valence-corrected chi connectivity index (χ1v) is 3.21. The molecule has 0 aromatic rings. The highest BCUT2D eigenvalue weighted by atomic mass is 35.5. The fourth-order valence-corrected chi connectivity index (χ4v) is 0.883. The van der Waals surface area contributed by atoms with Crippen LogP contribution in [0.25, 0.3) is 0 Å². The molecular weight excluding hydrogens is 175 g/mol. The number of nitrogens with zero attached hydrogens (tertiary/aromatic N) is 1. The first kappa shape index (κ1) is 7.44. The summed E-state index contributed by atoms with van der Waals surface area (Å²) in [6.45, 7) is 0. The third-order valence-corrected chi connectivity index (χ3v) is 1.44. The predicted octanol–water partition coefficient (Wildman–Crippen LogP) is 1.12. The first-order valence-electron chi connectivity index (χ1n) is 2.49. The number of allylic oxidation sites excluding steroid dienone is 3. The van der Waals surface area contributed by atoms with Gasteiger partial charge in [-0.1, -0.05) is 11.6 Å². The van der Waals surface area contributed by atoms with Crippen molar-refractivity contribution in [3.8, 4) is 0 Å². The highest BCUT2D eigenvalue weighted by molar-refractivity contribution is 6.30. The Balaban J connectivity index is 2.81. The summed E-state index contributed by atoms with van der Waals surface area (Å²) in [5.41, 5.74) is 2.83. The molecular formula is C5H4Cl2N2O. The van der Waals surface area contributed by atoms with Crippen molar-refractivity contribution in [3.63, 3.8) is 0 Å². The SMILES string of the molecule is O=CC1=CC=C(Cl)NN1Cl. The van der Waals surface area contributed by atoms with Crippen LogP contribution in [0.2, 0.25) is 0 Å². The van der Waals surface area contributed by atoms with Gasteiger partial charge >= 0.3 is 0 Å². The van der Waals surface area contributed by atoms with E-state index in [0.717, 1.165) is 4.53 Å². The Bertz CT molecular complexity index is 212. The summed E-state index contributed by atoms with van der Waals surface area (Å²) < 4.78 is 1.02. The molecule has 10 heavy (non-hydrogen) atoms. The fourth-order valence-electron chi connectivity index (χ4n) is 0.505. The fraction of sp³-hybridized carbons (Fsp3) is 0. The number of nitrogens with one attached hydrogen (secondary N) is 1. The van der Waals surface area contributed by atoms with Crippen LogP contribution in [-0.4, -0.2) is 10.8 Å². The Labute approximate surface area is 68.0 Å². The van der Waals surface area contributed by atoms with Gasteiger partial charge in [0.25, 0.3) is 0 Å². The lowest BCUT2D eigenvalue weighted by atomic mass is 10.4. The number of carbonyl (C=O) groups is 1. The molecule has 0 spiro atoms. The van der Waals surface area contributed by atoms with E-state index in [1.54, 1.807) is 6.08 Å². The van der Waals surface area contributed by atoms with Gasteiger partial charge in [0, 0.05) is 11.8 Å². The van der Waals surface area contributed by atoms with Gasteiger partial charge < -0.3 is 0 Å². The second-order valence-corrected chi connectivity index (χ2v) is 2.36. The average Bonchev–Trinajstić information content (AvgIpc) is 1.88. The molecule has 0 atom stereocenters. The van der Waals surface area contributed by atoms with E-state index < -0.39 is 0 Å². The maximum atomic E-state index is 10.2. The molecule has 0 aliphatic carbocycles. The van der Waals surface area contributed by atoms with Gasteiger partial charge in [-0.25, -0.2) is 0 Å². The van der Waals surface area contributed by atoms with Crippen LogP contribution >= 0.6 is 23.4 Å². The van der Waals surface area contributed by atoms with Gasteiger partial charge in [0.1, 0.15) is 10.9 Å². The average molecular weight is 179 g/mol. The van der Waals surface area contributed by atoms with Crippen molar-refractivity contribution in [1.29, 1.82) is 0 Å². The third-order valence-electron chi connectivity index (χ3n) is 0.953. The second kappa shape index (κ2) is 2.94. The molecule has 1 rings (SSSR count). The van der Waals surface area contributed by atoms with Crippen LogP contribution in [0.5, 0.6) is 0 Å². The zero-order valence-electron chi connectivity index (χ0n) is 4.84. The number of hydrogen-bond donors (Lipinski definition) is 1. The van der Waals surface area contributed by atoms with Crippen molar-refractivity contribution >= 4 is 29.7 Å². The standard InChI is InChI=1S/C5H4Cl2N2O/c6-5-2-1-4(3-10)9(7)8-5/h1-3,8H. The molecule has 5 heteroatoms. The quantitative estimate of drug-likeness (QED) is 0.372. The Morgan fingerprint density at radius 1 is 1.60 bits per heavy atom. The molecule has 1 N–H and O–H groups in total. The lowest BCUT2D eigenvalue weighted by Crippen LogP contribution is -2.29. The van der Waals surface area contributed by atoms with E-state index in [2.05, 4.69) is 5.43 Å². The zero-order valence-corrected chi connectivity index (χ0v) is 6.36. The predicted molar refractivity (Wildman–Crippen MR) is 38.9 cm³/mol. The molecule has 0 bridgehead atoms. The number of rotatable bonds is 1. The lowest BCUT2D eigenvalue weighted by Gasteiger charge is -2.19. The molecule has 1 heterocycles. The maximum absolute atomic E-state index is 10.2. The van der Waals surface area contributed by atoms with E-state index in [-0.39, 0.29) is 0 Å². The van der Waals surface area contributed by atoms with Crippen molar-refractivity contribution in [1.82, 2.24) is 9.95 Å². The van der Waals surface area contributed by atoms with Crippen molar-refractivity contribution in [3.05, 3.63) is 23.0 Å². The van der Waals surface area contributed by atoms with Crippen LogP contribution in [-0.2, 0) is 4.79 Å². The van der Waals surface area contributed by atoms with E-state index >= 15 is 0 Å². The van der Waals surface area contributed by atoms with Crippen LogP contribution in [0.3, 0.4) is 0 Å². The molecule has 0 amide bonds. The summed E-state index contributed by atoms with van der Waals surface area (Å²) in [6.07, 6.45) is 3.68. The Morgan fingerprint density at radius 2 is 2.30 bits per heavy atom. The molecule has 0 saturated carbocycles. The monoisotopic (exact) mass is 178 g/mol. The van der Waals surface area contributed by atoms with Crippen molar-refractivity contribution in [2.45, 2.75) is 0 Å². The normalized spacial score (nSPS) is 17.2. The lowest BCUT2D eigenvalue weighted by molar-refractivity contribution is -0.105. The minimum atomic E-state index is 0.325. The van der Waals surface area contributed by atoms with Gasteiger partial charge in [-0.3, -0.25) is 10.2 Å². The van der Waals surface area contributed by atoms with Crippen LogP contribution in [0.4, 0.5) is 0 Å². The third kappa shape index (κ3) is 1.43. The van der Waals surface area contributed by atoms with E-state index in [1.807, 2.05) is 0 Å². The largest absolute Gasteiger partial charge is 0.296 e. The van der Waals surface area contributed by atoms with E-state index in [4.69, 9.17) is 23.4 Å². The smallest absolute Gasteiger partial charge is 0.169 e. The Kier molecular flexibility index (Phi) is 2.19. The van der Waals surface area contributed by atoms with Gasteiger partial charge in [-0.2, -0.15) is 4.53 Å². The number of hydrazine groups is 1. The summed E-state index contributed by atoms with van der Waals surface area (Å²) >= 11 is 11.0. The van der Waals surface area contributed by atoms with E-state index in [1.165, 1.54) is 6.08 Å². The van der Waals surface area contributed by atoms with E-state index in [0.29, 0.717) is 17.1 Å². The zero-order chi connectivity index (χ0) is 7.56. The minimum Gasteiger partial charge on any atom is -0.296 e. The summed E-state index contributed by atoms with van der Waals surface area (Å²) in [7, 11) is 0. The number of carbonyl (C=O) groups excluding carboxylic acids is 1. The summed E-state index contributed by atoms with van der Waals surface area (Å²) in [5, 5.41) is 0.376. The number of aldehydes is 1. The first-order chi connectivity index (χ1) is 4.74. The molecule has 0 saturated heterocycles. The topological polar surface area (TPSA) is 32.3 Å². The van der Waals surface area contributed by atoms with Gasteiger partial charge in [0.05, 0.1) is 0 Å². The molecule has 3 nitrogen and oxygen atoms in total. The van der Waals surface area contributed by atoms with Gasteiger partial charge in [0.2, 0.25) is 0 Å². The molecule has 1 aliphatic heterocycles. The highest BCUT2D eigenvalue weighted by Crippen LogP contribution is 2.12. The summed E-state index contributed by atoms with van der Waals surface area (Å²) in [6, 6.07) is 0. The van der Waals surface area contributed by atoms with Gasteiger partial charge in [-0.15, -0.1) is 0 Å². The van der Waals surface area contributed by atoms with Gasteiger partial charge in [-0.05, 0) is 12.2 Å².